The fourth-order valence-corrected chi connectivity index (χ4v) is 2.09. The van der Waals surface area contributed by atoms with Gasteiger partial charge in [-0.3, -0.25) is 4.79 Å². The second kappa shape index (κ2) is 5.91. The van der Waals surface area contributed by atoms with Gasteiger partial charge in [0.05, 0.1) is 0 Å². The predicted molar refractivity (Wildman–Crippen MR) is 81.8 cm³/mol. The highest BCUT2D eigenvalue weighted by molar-refractivity contribution is 5.94. The van der Waals surface area contributed by atoms with E-state index >= 15 is 0 Å². The number of ether oxygens (including phenoxy) is 1. The number of carbonyl (C=O) groups excluding carboxylic acids is 1. The van der Waals surface area contributed by atoms with E-state index < -0.39 is 0 Å². The van der Waals surface area contributed by atoms with E-state index in [0.29, 0.717) is 11.5 Å². The maximum Gasteiger partial charge on any atom is 0.159 e. The molecular weight excluding hydrogens is 248 g/mol. The standard InChI is InChI=1S/C18H20O2/c1-12(2)17-10-5-13(3)11-18(17)20-16-8-6-15(7-9-16)14(4)19/h5-12H,1-4H3. The molecule has 0 radical (unpaired) electrons. The molecule has 20 heavy (non-hydrogen) atoms. The zero-order valence-electron chi connectivity index (χ0n) is 12.4. The third-order valence-electron chi connectivity index (χ3n) is 3.28. The quantitative estimate of drug-likeness (QED) is 0.720. The number of Topliss-reactive ketones (excluding diaryl/α,β-unsaturated/α-hetero) is 1. The van der Waals surface area contributed by atoms with Gasteiger partial charge in [0.1, 0.15) is 11.5 Å². The summed E-state index contributed by atoms with van der Waals surface area (Å²) in [5.74, 6) is 2.11. The van der Waals surface area contributed by atoms with E-state index in [-0.39, 0.29) is 5.78 Å². The Hall–Kier alpha value is -2.09. The van der Waals surface area contributed by atoms with Crippen molar-refractivity contribution in [3.8, 4) is 11.5 Å². The monoisotopic (exact) mass is 268 g/mol. The highest BCUT2D eigenvalue weighted by Crippen LogP contribution is 2.31. The first kappa shape index (κ1) is 14.3. The number of rotatable bonds is 4. The summed E-state index contributed by atoms with van der Waals surface area (Å²) in [5, 5.41) is 0. The fourth-order valence-electron chi connectivity index (χ4n) is 2.09. The smallest absolute Gasteiger partial charge is 0.159 e. The van der Waals surface area contributed by atoms with Crippen LogP contribution < -0.4 is 4.74 Å². The van der Waals surface area contributed by atoms with Crippen molar-refractivity contribution < 1.29 is 9.53 Å². The van der Waals surface area contributed by atoms with Crippen molar-refractivity contribution >= 4 is 5.78 Å². The van der Waals surface area contributed by atoms with Gasteiger partial charge in [-0.1, -0.05) is 26.0 Å². The summed E-state index contributed by atoms with van der Waals surface area (Å²) in [7, 11) is 0. The maximum absolute atomic E-state index is 11.3. The molecule has 2 nitrogen and oxygen atoms in total. The summed E-state index contributed by atoms with van der Waals surface area (Å²) < 4.78 is 5.98. The average Bonchev–Trinajstić information content (AvgIpc) is 2.39. The van der Waals surface area contributed by atoms with Gasteiger partial charge < -0.3 is 4.74 Å². The Kier molecular flexibility index (Phi) is 4.23. The van der Waals surface area contributed by atoms with Gasteiger partial charge in [0.15, 0.2) is 5.78 Å². The van der Waals surface area contributed by atoms with E-state index in [1.807, 2.05) is 18.2 Å². The van der Waals surface area contributed by atoms with Crippen molar-refractivity contribution in [2.75, 3.05) is 0 Å². The van der Waals surface area contributed by atoms with Crippen LogP contribution in [0.5, 0.6) is 11.5 Å². The minimum Gasteiger partial charge on any atom is -0.457 e. The molecule has 2 rings (SSSR count). The molecule has 104 valence electrons. The van der Waals surface area contributed by atoms with E-state index in [0.717, 1.165) is 11.5 Å². The summed E-state index contributed by atoms with van der Waals surface area (Å²) in [4.78, 5) is 11.3. The molecule has 0 fully saturated rings. The van der Waals surface area contributed by atoms with Crippen LogP contribution in [0.2, 0.25) is 0 Å². The van der Waals surface area contributed by atoms with Crippen LogP contribution >= 0.6 is 0 Å². The average molecular weight is 268 g/mol. The minimum absolute atomic E-state index is 0.0648. The van der Waals surface area contributed by atoms with Gasteiger partial charge in [0.25, 0.3) is 0 Å². The minimum atomic E-state index is 0.0648. The number of carbonyl (C=O) groups is 1. The Morgan fingerprint density at radius 2 is 1.70 bits per heavy atom. The Morgan fingerprint density at radius 1 is 1.05 bits per heavy atom. The number of aryl methyl sites for hydroxylation is 1. The van der Waals surface area contributed by atoms with Gasteiger partial charge >= 0.3 is 0 Å². The first-order valence-electron chi connectivity index (χ1n) is 6.87. The molecule has 0 unspecified atom stereocenters. The molecule has 2 aromatic rings. The van der Waals surface area contributed by atoms with Gasteiger partial charge in [-0.15, -0.1) is 0 Å². The molecule has 0 aliphatic heterocycles. The normalized spacial score (nSPS) is 10.7. The second-order valence-corrected chi connectivity index (χ2v) is 5.38. The van der Waals surface area contributed by atoms with Crippen molar-refractivity contribution in [1.82, 2.24) is 0 Å². The van der Waals surface area contributed by atoms with Gasteiger partial charge in [-0.2, -0.15) is 0 Å². The number of hydrogen-bond donors (Lipinski definition) is 0. The van der Waals surface area contributed by atoms with E-state index in [9.17, 15) is 4.79 Å². The van der Waals surface area contributed by atoms with Crippen molar-refractivity contribution in [1.29, 1.82) is 0 Å². The molecular formula is C18H20O2. The summed E-state index contributed by atoms with van der Waals surface area (Å²) >= 11 is 0. The summed E-state index contributed by atoms with van der Waals surface area (Å²) in [5.41, 5.74) is 3.06. The van der Waals surface area contributed by atoms with Gasteiger partial charge in [-0.05, 0) is 61.2 Å². The van der Waals surface area contributed by atoms with Crippen LogP contribution in [-0.2, 0) is 0 Å². The maximum atomic E-state index is 11.3. The first-order valence-corrected chi connectivity index (χ1v) is 6.87. The molecule has 0 saturated heterocycles. The van der Waals surface area contributed by atoms with Gasteiger partial charge in [-0.25, -0.2) is 0 Å². The van der Waals surface area contributed by atoms with Crippen LogP contribution in [-0.4, -0.2) is 5.78 Å². The van der Waals surface area contributed by atoms with Crippen LogP contribution in [0.4, 0.5) is 0 Å². The summed E-state index contributed by atoms with van der Waals surface area (Å²) in [6, 6.07) is 13.5. The molecule has 2 aromatic carbocycles. The lowest BCUT2D eigenvalue weighted by atomic mass is 10.0. The van der Waals surface area contributed by atoms with E-state index in [1.165, 1.54) is 11.1 Å². The Morgan fingerprint density at radius 3 is 2.25 bits per heavy atom. The molecule has 0 aliphatic carbocycles. The summed E-state index contributed by atoms with van der Waals surface area (Å²) in [6.45, 7) is 7.91. The lowest BCUT2D eigenvalue weighted by Crippen LogP contribution is -1.96. The summed E-state index contributed by atoms with van der Waals surface area (Å²) in [6.07, 6.45) is 0. The molecule has 0 aliphatic rings. The molecule has 2 heteroatoms. The van der Waals surface area contributed by atoms with E-state index in [2.05, 4.69) is 32.9 Å². The third-order valence-corrected chi connectivity index (χ3v) is 3.28. The van der Waals surface area contributed by atoms with Crippen molar-refractivity contribution in [2.24, 2.45) is 0 Å². The SMILES string of the molecule is CC(=O)c1ccc(Oc2cc(C)ccc2C(C)C)cc1. The first-order chi connectivity index (χ1) is 9.47. The van der Waals surface area contributed by atoms with Crippen LogP contribution in [0, 0.1) is 6.92 Å². The molecule has 0 atom stereocenters. The molecule has 0 N–H and O–H groups in total. The van der Waals surface area contributed by atoms with Crippen molar-refractivity contribution in [3.63, 3.8) is 0 Å². The Bertz CT molecular complexity index is 610. The Balaban J connectivity index is 2.29. The van der Waals surface area contributed by atoms with Gasteiger partial charge in [0, 0.05) is 5.56 Å². The fraction of sp³-hybridized carbons (Fsp3) is 0.278. The van der Waals surface area contributed by atoms with Crippen LogP contribution in [0.15, 0.2) is 42.5 Å². The zero-order valence-corrected chi connectivity index (χ0v) is 12.4. The molecule has 0 amide bonds. The van der Waals surface area contributed by atoms with Crippen LogP contribution in [0.3, 0.4) is 0 Å². The number of hydrogen-bond acceptors (Lipinski definition) is 2. The van der Waals surface area contributed by atoms with E-state index in [1.54, 1.807) is 19.1 Å². The Labute approximate surface area is 120 Å². The lowest BCUT2D eigenvalue weighted by molar-refractivity contribution is 0.101. The zero-order chi connectivity index (χ0) is 14.7. The molecule has 0 saturated carbocycles. The largest absolute Gasteiger partial charge is 0.457 e. The lowest BCUT2D eigenvalue weighted by Gasteiger charge is -2.14. The molecule has 0 bridgehead atoms. The highest BCUT2D eigenvalue weighted by atomic mass is 16.5. The molecule has 0 heterocycles. The van der Waals surface area contributed by atoms with Gasteiger partial charge in [0.2, 0.25) is 0 Å². The molecule has 0 spiro atoms. The number of benzene rings is 2. The third kappa shape index (κ3) is 3.27. The van der Waals surface area contributed by atoms with Crippen molar-refractivity contribution in [2.45, 2.75) is 33.6 Å². The topological polar surface area (TPSA) is 26.3 Å². The van der Waals surface area contributed by atoms with E-state index in [4.69, 9.17) is 4.74 Å². The highest BCUT2D eigenvalue weighted by Gasteiger charge is 2.09. The van der Waals surface area contributed by atoms with Crippen LogP contribution in [0.1, 0.15) is 48.2 Å². The predicted octanol–water partition coefficient (Wildman–Crippen LogP) is 5.11. The van der Waals surface area contributed by atoms with Crippen LogP contribution in [0.25, 0.3) is 0 Å². The number of ketones is 1. The molecule has 0 aromatic heterocycles. The second-order valence-electron chi connectivity index (χ2n) is 5.38. The van der Waals surface area contributed by atoms with Crippen molar-refractivity contribution in [3.05, 3.63) is 59.2 Å².